The highest BCUT2D eigenvalue weighted by molar-refractivity contribution is 7.93. The lowest BCUT2D eigenvalue weighted by molar-refractivity contribution is 0.206. The number of hydrogen-bond acceptors (Lipinski definition) is 6. The van der Waals surface area contributed by atoms with Crippen LogP contribution in [0.5, 0.6) is 0 Å². The normalized spacial score (nSPS) is 11.3. The van der Waals surface area contributed by atoms with Gasteiger partial charge in [0, 0.05) is 5.38 Å². The summed E-state index contributed by atoms with van der Waals surface area (Å²) < 4.78 is 37.7. The molecule has 0 unspecified atom stereocenters. The molecule has 1 N–H and O–H groups in total. The lowest BCUT2D eigenvalue weighted by Gasteiger charge is -2.16. The summed E-state index contributed by atoms with van der Waals surface area (Å²) in [6.45, 7) is 1.28. The minimum atomic E-state index is -4.46. The second-order valence-corrected chi connectivity index (χ2v) is 6.07. The van der Waals surface area contributed by atoms with E-state index in [1.807, 2.05) is 0 Å². The molecule has 0 saturated heterocycles. The number of sulfonamides is 1. The van der Waals surface area contributed by atoms with Crippen molar-refractivity contribution >= 4 is 33.3 Å². The molecule has 0 bridgehead atoms. The van der Waals surface area contributed by atoms with Crippen LogP contribution in [0.25, 0.3) is 0 Å². The minimum absolute atomic E-state index is 0.100. The molecular weight excluding hydrogens is 309 g/mol. The van der Waals surface area contributed by atoms with E-state index in [2.05, 4.69) is 9.97 Å². The van der Waals surface area contributed by atoms with Gasteiger partial charge in [-0.1, -0.05) is 0 Å². The lowest BCUT2D eigenvalue weighted by Crippen LogP contribution is -2.36. The Balaban J connectivity index is 2.57. The first kappa shape index (κ1) is 14.3. The second-order valence-electron chi connectivity index (χ2n) is 3.62. The summed E-state index contributed by atoms with van der Waals surface area (Å²) in [5, 5.41) is 9.78. The van der Waals surface area contributed by atoms with E-state index < -0.39 is 27.0 Å². The van der Waals surface area contributed by atoms with Gasteiger partial charge in [0.2, 0.25) is 0 Å². The van der Waals surface area contributed by atoms with Crippen LogP contribution in [0.4, 0.5) is 15.0 Å². The van der Waals surface area contributed by atoms with Crippen LogP contribution < -0.4 is 4.31 Å². The average Bonchev–Trinajstić information content (AvgIpc) is 2.85. The van der Waals surface area contributed by atoms with Crippen molar-refractivity contribution < 1.29 is 22.7 Å². The van der Waals surface area contributed by atoms with Gasteiger partial charge < -0.3 is 5.11 Å². The third kappa shape index (κ3) is 2.47. The summed E-state index contributed by atoms with van der Waals surface area (Å²) in [7, 11) is -4.46. The van der Waals surface area contributed by atoms with E-state index in [0.717, 1.165) is 23.5 Å². The van der Waals surface area contributed by atoms with Crippen LogP contribution in [0.1, 0.15) is 5.69 Å². The maximum absolute atomic E-state index is 13.1. The molecule has 0 saturated carbocycles. The number of amides is 1. The molecule has 20 heavy (non-hydrogen) atoms. The molecule has 0 aliphatic carbocycles. The van der Waals surface area contributed by atoms with Crippen molar-refractivity contribution in [1.29, 1.82) is 0 Å². The first-order valence-corrected chi connectivity index (χ1v) is 7.52. The standard InChI is InChI=1S/C10H8FN3O4S2/c1-6-7(11)2-3-9(13-6)20(17,18)14(10(15)16)8-4-19-5-12-8/h2-5H,1H3,(H,15,16). The Bertz CT molecular complexity index is 746. The average molecular weight is 317 g/mol. The molecule has 2 aromatic rings. The Morgan fingerprint density at radius 1 is 1.45 bits per heavy atom. The summed E-state index contributed by atoms with van der Waals surface area (Å²) in [5.41, 5.74) is 1.15. The SMILES string of the molecule is Cc1nc(S(=O)(=O)N(C(=O)O)c2cscn2)ccc1F. The molecule has 0 atom stereocenters. The molecule has 7 nitrogen and oxygen atoms in total. The summed E-state index contributed by atoms with van der Waals surface area (Å²) in [4.78, 5) is 18.4. The van der Waals surface area contributed by atoms with Crippen LogP contribution in [0.15, 0.2) is 28.0 Å². The van der Waals surface area contributed by atoms with E-state index in [4.69, 9.17) is 5.11 Å². The molecule has 2 rings (SSSR count). The van der Waals surface area contributed by atoms with Crippen LogP contribution in [0.2, 0.25) is 0 Å². The lowest BCUT2D eigenvalue weighted by atomic mass is 10.4. The topological polar surface area (TPSA) is 100 Å². The number of carbonyl (C=O) groups is 1. The summed E-state index contributed by atoms with van der Waals surface area (Å²) >= 11 is 1.04. The third-order valence-electron chi connectivity index (χ3n) is 2.30. The molecule has 0 aliphatic rings. The van der Waals surface area contributed by atoms with Crippen molar-refractivity contribution in [3.05, 3.63) is 34.5 Å². The molecule has 1 amide bonds. The Labute approximate surface area is 117 Å². The zero-order valence-corrected chi connectivity index (χ0v) is 11.7. The number of anilines is 1. The number of carboxylic acid groups (broad SMARTS) is 1. The predicted molar refractivity (Wildman–Crippen MR) is 68.7 cm³/mol. The number of aromatic nitrogens is 2. The molecule has 10 heteroatoms. The van der Waals surface area contributed by atoms with Gasteiger partial charge in [-0.2, -0.15) is 8.42 Å². The Kier molecular flexibility index (Phi) is 3.68. The fourth-order valence-corrected chi connectivity index (χ4v) is 3.20. The number of aryl methyl sites for hydroxylation is 1. The van der Waals surface area contributed by atoms with Gasteiger partial charge in [0.15, 0.2) is 10.8 Å². The number of rotatable bonds is 3. The monoisotopic (exact) mass is 317 g/mol. The zero-order chi connectivity index (χ0) is 14.9. The molecule has 0 fully saturated rings. The fourth-order valence-electron chi connectivity index (χ4n) is 1.39. The number of pyridine rings is 1. The minimum Gasteiger partial charge on any atom is -0.464 e. The van der Waals surface area contributed by atoms with Gasteiger partial charge in [0.25, 0.3) is 10.0 Å². The van der Waals surface area contributed by atoms with Crippen molar-refractivity contribution in [1.82, 2.24) is 9.97 Å². The van der Waals surface area contributed by atoms with E-state index in [-0.39, 0.29) is 15.8 Å². The predicted octanol–water partition coefficient (Wildman–Crippen LogP) is 1.86. The summed E-state index contributed by atoms with van der Waals surface area (Å²) in [6, 6.07) is 1.82. The van der Waals surface area contributed by atoms with Crippen LogP contribution >= 0.6 is 11.3 Å². The van der Waals surface area contributed by atoms with Crippen molar-refractivity contribution in [3.63, 3.8) is 0 Å². The van der Waals surface area contributed by atoms with Crippen molar-refractivity contribution in [2.75, 3.05) is 4.31 Å². The van der Waals surface area contributed by atoms with E-state index in [0.29, 0.717) is 0 Å². The van der Waals surface area contributed by atoms with Crippen LogP contribution in [0.3, 0.4) is 0 Å². The Morgan fingerprint density at radius 3 is 2.65 bits per heavy atom. The van der Waals surface area contributed by atoms with Crippen molar-refractivity contribution in [3.8, 4) is 0 Å². The molecule has 106 valence electrons. The number of hydrogen-bond donors (Lipinski definition) is 1. The van der Waals surface area contributed by atoms with Gasteiger partial charge in [0.05, 0.1) is 11.2 Å². The van der Waals surface area contributed by atoms with E-state index >= 15 is 0 Å². The molecule has 0 aromatic carbocycles. The highest BCUT2D eigenvalue weighted by Gasteiger charge is 2.33. The van der Waals surface area contributed by atoms with Crippen LogP contribution in [-0.2, 0) is 10.0 Å². The van der Waals surface area contributed by atoms with Gasteiger partial charge in [0.1, 0.15) is 5.82 Å². The smallest absolute Gasteiger partial charge is 0.427 e. The van der Waals surface area contributed by atoms with Gasteiger partial charge in [-0.05, 0) is 19.1 Å². The zero-order valence-electron chi connectivity index (χ0n) is 10.0. The van der Waals surface area contributed by atoms with E-state index in [1.54, 1.807) is 0 Å². The van der Waals surface area contributed by atoms with Crippen molar-refractivity contribution in [2.45, 2.75) is 11.9 Å². The number of nitrogens with zero attached hydrogens (tertiary/aromatic N) is 3. The molecule has 0 spiro atoms. The fraction of sp³-hybridized carbons (Fsp3) is 0.100. The van der Waals surface area contributed by atoms with Gasteiger partial charge >= 0.3 is 6.09 Å². The van der Waals surface area contributed by atoms with Gasteiger partial charge in [-0.3, -0.25) is 0 Å². The first-order chi connectivity index (χ1) is 9.34. The highest BCUT2D eigenvalue weighted by Crippen LogP contribution is 2.23. The van der Waals surface area contributed by atoms with E-state index in [1.165, 1.54) is 17.8 Å². The first-order valence-electron chi connectivity index (χ1n) is 5.13. The maximum Gasteiger partial charge on any atom is 0.427 e. The van der Waals surface area contributed by atoms with Crippen LogP contribution in [0, 0.1) is 12.7 Å². The second kappa shape index (κ2) is 5.13. The van der Waals surface area contributed by atoms with Crippen molar-refractivity contribution in [2.24, 2.45) is 0 Å². The number of thiazole rings is 1. The summed E-state index contributed by atoms with van der Waals surface area (Å²) in [6.07, 6.45) is -1.72. The van der Waals surface area contributed by atoms with Gasteiger partial charge in [-0.25, -0.2) is 19.2 Å². The molecule has 0 radical (unpaired) electrons. The van der Waals surface area contributed by atoms with Gasteiger partial charge in [-0.15, -0.1) is 15.6 Å². The quantitative estimate of drug-likeness (QED) is 0.927. The Morgan fingerprint density at radius 2 is 2.15 bits per heavy atom. The summed E-state index contributed by atoms with van der Waals surface area (Å²) in [5.74, 6) is -0.939. The molecular formula is C10H8FN3O4S2. The molecule has 0 aliphatic heterocycles. The van der Waals surface area contributed by atoms with E-state index in [9.17, 15) is 17.6 Å². The third-order valence-corrected chi connectivity index (χ3v) is 4.46. The molecule has 2 heterocycles. The van der Waals surface area contributed by atoms with Crippen LogP contribution in [-0.4, -0.2) is 29.6 Å². The molecule has 2 aromatic heterocycles. The largest absolute Gasteiger partial charge is 0.464 e. The Hall–Kier alpha value is -2.07. The maximum atomic E-state index is 13.1. The highest BCUT2D eigenvalue weighted by atomic mass is 32.2. The number of halogens is 1.